The first-order valence-electron chi connectivity index (χ1n) is 6.36. The number of hydrogen-bond donors (Lipinski definition) is 0. The van der Waals surface area contributed by atoms with Gasteiger partial charge in [0.15, 0.2) is 11.6 Å². The molecule has 92 valence electrons. The highest BCUT2D eigenvalue weighted by atomic mass is 16.8. The summed E-state index contributed by atoms with van der Waals surface area (Å²) in [6.45, 7) is 4.76. The summed E-state index contributed by atoms with van der Waals surface area (Å²) in [4.78, 5) is 14.3. The average molecular weight is 235 g/mol. The van der Waals surface area contributed by atoms with Gasteiger partial charge in [-0.2, -0.15) is 0 Å². The molecule has 0 aromatic rings. The second-order valence-corrected chi connectivity index (χ2v) is 6.12. The number of hydrogen-bond acceptors (Lipinski definition) is 4. The number of carbonyl (C=O) groups excluding carboxylic acids is 1. The van der Waals surface area contributed by atoms with Crippen LogP contribution in [0.3, 0.4) is 0 Å². The molecule has 3 atom stereocenters. The molecule has 0 aromatic carbocycles. The van der Waals surface area contributed by atoms with Gasteiger partial charge in [-0.25, -0.2) is 0 Å². The number of ether oxygens (including phenoxy) is 2. The Hall–Kier alpha value is -0.870. The van der Waals surface area contributed by atoms with Gasteiger partial charge in [0.1, 0.15) is 12.2 Å². The Morgan fingerprint density at radius 1 is 1.35 bits per heavy atom. The molecule has 1 aliphatic carbocycles. The molecule has 3 fully saturated rings. The van der Waals surface area contributed by atoms with E-state index < -0.39 is 5.79 Å². The Balaban J connectivity index is 1.72. The molecule has 0 radical (unpaired) electrons. The Morgan fingerprint density at radius 3 is 2.82 bits per heavy atom. The van der Waals surface area contributed by atoms with Crippen LogP contribution >= 0.6 is 0 Å². The monoisotopic (exact) mass is 235 g/mol. The van der Waals surface area contributed by atoms with E-state index in [9.17, 15) is 4.79 Å². The highest BCUT2D eigenvalue weighted by molar-refractivity contribution is 5.98. The molecule has 4 aliphatic rings. The highest BCUT2D eigenvalue weighted by Gasteiger charge is 2.66. The maximum absolute atomic E-state index is 12.1. The quantitative estimate of drug-likeness (QED) is 0.629. The van der Waals surface area contributed by atoms with Crippen LogP contribution < -0.4 is 0 Å². The van der Waals surface area contributed by atoms with Crippen molar-refractivity contribution in [2.45, 2.75) is 50.7 Å². The molecule has 17 heavy (non-hydrogen) atoms. The van der Waals surface area contributed by atoms with E-state index in [0.29, 0.717) is 0 Å². The number of nitrogens with zero attached hydrogens (tertiary/aromatic N) is 1. The SMILES string of the molecule is CC1(C)O[C@@H]2[C@@H](CN3C=CC(=O)C4(CC4)[C@@H]23)O1. The molecule has 4 heteroatoms. The maximum atomic E-state index is 12.1. The van der Waals surface area contributed by atoms with E-state index >= 15 is 0 Å². The van der Waals surface area contributed by atoms with Crippen molar-refractivity contribution in [3.8, 4) is 0 Å². The average Bonchev–Trinajstić information content (AvgIpc) is 2.86. The molecule has 4 nitrogen and oxygen atoms in total. The van der Waals surface area contributed by atoms with Gasteiger partial charge in [0.05, 0.1) is 11.5 Å². The molecule has 0 bridgehead atoms. The zero-order valence-electron chi connectivity index (χ0n) is 10.2. The number of ketones is 1. The van der Waals surface area contributed by atoms with Crippen LogP contribution in [0.4, 0.5) is 0 Å². The van der Waals surface area contributed by atoms with Crippen molar-refractivity contribution in [3.05, 3.63) is 12.3 Å². The van der Waals surface area contributed by atoms with Gasteiger partial charge in [0.2, 0.25) is 0 Å². The number of allylic oxidation sites excluding steroid dienone is 1. The van der Waals surface area contributed by atoms with Crippen LogP contribution in [0.1, 0.15) is 26.7 Å². The smallest absolute Gasteiger partial charge is 0.165 e. The van der Waals surface area contributed by atoms with Gasteiger partial charge in [-0.05, 0) is 32.8 Å². The lowest BCUT2D eigenvalue weighted by Crippen LogP contribution is -2.48. The Kier molecular flexibility index (Phi) is 1.63. The van der Waals surface area contributed by atoms with Crippen LogP contribution in [-0.2, 0) is 14.3 Å². The number of rotatable bonds is 0. The lowest BCUT2D eigenvalue weighted by atomic mass is 9.85. The van der Waals surface area contributed by atoms with Crippen LogP contribution in [0.15, 0.2) is 12.3 Å². The zero-order valence-corrected chi connectivity index (χ0v) is 10.2. The first kappa shape index (κ1) is 10.1. The lowest BCUT2D eigenvalue weighted by Gasteiger charge is -2.36. The number of fused-ring (bicyclic) bond motifs is 4. The van der Waals surface area contributed by atoms with Crippen LogP contribution in [0.25, 0.3) is 0 Å². The van der Waals surface area contributed by atoms with Gasteiger partial charge in [-0.3, -0.25) is 4.79 Å². The molecule has 3 heterocycles. The predicted molar refractivity (Wildman–Crippen MR) is 60.1 cm³/mol. The molecule has 1 saturated carbocycles. The summed E-state index contributed by atoms with van der Waals surface area (Å²) in [7, 11) is 0. The second kappa shape index (κ2) is 2.75. The van der Waals surface area contributed by atoms with Gasteiger partial charge in [0.25, 0.3) is 0 Å². The van der Waals surface area contributed by atoms with E-state index in [-0.39, 0.29) is 29.4 Å². The van der Waals surface area contributed by atoms with Crippen molar-refractivity contribution in [1.82, 2.24) is 4.90 Å². The van der Waals surface area contributed by atoms with Gasteiger partial charge >= 0.3 is 0 Å². The van der Waals surface area contributed by atoms with Crippen LogP contribution in [0.2, 0.25) is 0 Å². The summed E-state index contributed by atoms with van der Waals surface area (Å²) >= 11 is 0. The topological polar surface area (TPSA) is 38.8 Å². The third-order valence-electron chi connectivity index (χ3n) is 4.54. The van der Waals surface area contributed by atoms with Crippen molar-refractivity contribution in [2.75, 3.05) is 6.54 Å². The maximum Gasteiger partial charge on any atom is 0.165 e. The fraction of sp³-hybridized carbons (Fsp3) is 0.769. The minimum absolute atomic E-state index is 0.0569. The van der Waals surface area contributed by atoms with E-state index in [0.717, 1.165) is 19.4 Å². The Labute approximate surface area is 101 Å². The molecular formula is C13H17NO3. The molecule has 0 amide bonds. The van der Waals surface area contributed by atoms with E-state index in [2.05, 4.69) is 4.90 Å². The highest BCUT2D eigenvalue weighted by Crippen LogP contribution is 2.58. The van der Waals surface area contributed by atoms with Crippen molar-refractivity contribution in [3.63, 3.8) is 0 Å². The fourth-order valence-corrected chi connectivity index (χ4v) is 3.72. The van der Waals surface area contributed by atoms with Crippen molar-refractivity contribution < 1.29 is 14.3 Å². The van der Waals surface area contributed by atoms with Gasteiger partial charge < -0.3 is 14.4 Å². The summed E-state index contributed by atoms with van der Waals surface area (Å²) in [6.07, 6.45) is 5.84. The molecule has 4 rings (SSSR count). The first-order valence-corrected chi connectivity index (χ1v) is 6.36. The largest absolute Gasteiger partial charge is 0.368 e. The molecule has 0 unspecified atom stereocenters. The Morgan fingerprint density at radius 2 is 2.12 bits per heavy atom. The predicted octanol–water partition coefficient (Wildman–Crippen LogP) is 1.07. The minimum Gasteiger partial charge on any atom is -0.368 e. The van der Waals surface area contributed by atoms with Crippen LogP contribution in [0, 0.1) is 5.41 Å². The molecule has 0 N–H and O–H groups in total. The summed E-state index contributed by atoms with van der Waals surface area (Å²) in [5.41, 5.74) is -0.155. The fourth-order valence-electron chi connectivity index (χ4n) is 3.72. The van der Waals surface area contributed by atoms with Crippen LogP contribution in [-0.4, -0.2) is 41.3 Å². The molecule has 3 aliphatic heterocycles. The summed E-state index contributed by atoms with van der Waals surface area (Å²) < 4.78 is 11.9. The van der Waals surface area contributed by atoms with E-state index in [1.807, 2.05) is 20.0 Å². The van der Waals surface area contributed by atoms with E-state index in [1.165, 1.54) is 0 Å². The third-order valence-corrected chi connectivity index (χ3v) is 4.54. The van der Waals surface area contributed by atoms with Gasteiger partial charge in [-0.1, -0.05) is 0 Å². The second-order valence-electron chi connectivity index (χ2n) is 6.12. The summed E-state index contributed by atoms with van der Waals surface area (Å²) in [5, 5.41) is 0. The lowest BCUT2D eigenvalue weighted by molar-refractivity contribution is -0.164. The zero-order chi connectivity index (χ0) is 11.8. The van der Waals surface area contributed by atoms with Crippen molar-refractivity contribution >= 4 is 5.78 Å². The van der Waals surface area contributed by atoms with Crippen molar-refractivity contribution in [1.29, 1.82) is 0 Å². The molecule has 0 aromatic heterocycles. The van der Waals surface area contributed by atoms with Crippen LogP contribution in [0.5, 0.6) is 0 Å². The molecule has 1 spiro atoms. The third kappa shape index (κ3) is 1.17. The normalized spacial score (nSPS) is 44.0. The van der Waals surface area contributed by atoms with E-state index in [4.69, 9.17) is 9.47 Å². The summed E-state index contributed by atoms with van der Waals surface area (Å²) in [6, 6.07) is 0.201. The summed E-state index contributed by atoms with van der Waals surface area (Å²) in [5.74, 6) is -0.213. The van der Waals surface area contributed by atoms with E-state index in [1.54, 1.807) is 6.08 Å². The van der Waals surface area contributed by atoms with Gasteiger partial charge in [-0.15, -0.1) is 0 Å². The van der Waals surface area contributed by atoms with Gasteiger partial charge in [0, 0.05) is 12.7 Å². The van der Waals surface area contributed by atoms with Crippen molar-refractivity contribution in [2.24, 2.45) is 5.41 Å². The molecule has 2 saturated heterocycles. The minimum atomic E-state index is -0.498. The molecular weight excluding hydrogens is 218 g/mol. The first-order chi connectivity index (χ1) is 8.02. The Bertz CT molecular complexity index is 424. The number of carbonyl (C=O) groups is 1. The standard InChI is InChI=1S/C13H17NO3/c1-12(2)16-8-7-14-6-3-9(15)13(4-5-13)11(14)10(8)17-12/h3,6,8,10-11H,4-5,7H2,1-2H3/t8-,10-,11-/m1/s1.